The molecular weight excluding hydrogens is 379 g/mol. The summed E-state index contributed by atoms with van der Waals surface area (Å²) >= 11 is 0. The fourth-order valence-electron chi connectivity index (χ4n) is 3.38. The third kappa shape index (κ3) is 4.53. The van der Waals surface area contributed by atoms with Gasteiger partial charge in [0.25, 0.3) is 5.91 Å². The van der Waals surface area contributed by atoms with Crippen LogP contribution in [0.5, 0.6) is 0 Å². The van der Waals surface area contributed by atoms with E-state index in [4.69, 9.17) is 5.11 Å². The van der Waals surface area contributed by atoms with E-state index in [1.165, 1.54) is 12.1 Å². The smallest absolute Gasteiger partial charge is 0.322 e. The van der Waals surface area contributed by atoms with Gasteiger partial charge in [-0.1, -0.05) is 18.6 Å². The Labute approximate surface area is 166 Å². The summed E-state index contributed by atoms with van der Waals surface area (Å²) in [4.78, 5) is 36.0. The molecular formula is C21H21FN2O5. The first-order valence-corrected chi connectivity index (χ1v) is 9.30. The summed E-state index contributed by atoms with van der Waals surface area (Å²) < 4.78 is 15.1. The number of rotatable bonds is 4. The number of hydrogen-bond acceptors (Lipinski definition) is 4. The number of amides is 1. The fraction of sp³-hybridized carbons (Fsp3) is 0.286. The molecule has 1 amide bonds. The van der Waals surface area contributed by atoms with Crippen LogP contribution in [0.25, 0.3) is 16.9 Å². The van der Waals surface area contributed by atoms with Crippen LogP contribution in [0.2, 0.25) is 0 Å². The van der Waals surface area contributed by atoms with E-state index in [2.05, 4.69) is 5.32 Å². The molecule has 0 aliphatic carbocycles. The van der Waals surface area contributed by atoms with E-state index < -0.39 is 41.4 Å². The molecule has 0 atom stereocenters. The lowest BCUT2D eigenvalue weighted by atomic mass is 9.97. The molecule has 2 aromatic rings. The second-order valence-electron chi connectivity index (χ2n) is 6.81. The number of fused-ring (bicyclic) bond motifs is 1. The summed E-state index contributed by atoms with van der Waals surface area (Å²) in [7, 11) is 0. The number of ketones is 1. The number of carbonyl (C=O) groups excluding carboxylic acids is 2. The zero-order valence-electron chi connectivity index (χ0n) is 15.7. The van der Waals surface area contributed by atoms with Crippen LogP contribution in [-0.4, -0.2) is 39.0 Å². The number of nitrogens with one attached hydrogen (secondary N) is 1. The van der Waals surface area contributed by atoms with Crippen molar-refractivity contribution in [1.82, 2.24) is 9.88 Å². The van der Waals surface area contributed by atoms with Crippen molar-refractivity contribution in [3.63, 3.8) is 0 Å². The molecule has 2 heterocycles. The van der Waals surface area contributed by atoms with E-state index in [-0.39, 0.29) is 12.1 Å². The lowest BCUT2D eigenvalue weighted by molar-refractivity contribution is -0.137. The van der Waals surface area contributed by atoms with Crippen molar-refractivity contribution < 1.29 is 29.0 Å². The zero-order valence-corrected chi connectivity index (χ0v) is 15.7. The van der Waals surface area contributed by atoms with Gasteiger partial charge in [-0.05, 0) is 36.6 Å². The highest BCUT2D eigenvalue weighted by Gasteiger charge is 2.28. The van der Waals surface area contributed by atoms with Crippen LogP contribution in [0.1, 0.15) is 31.4 Å². The first-order chi connectivity index (χ1) is 13.9. The zero-order chi connectivity index (χ0) is 21.0. The molecule has 0 bridgehead atoms. The van der Waals surface area contributed by atoms with E-state index in [0.717, 1.165) is 12.8 Å². The molecule has 0 spiro atoms. The minimum atomic E-state index is -1.26. The molecule has 1 aromatic heterocycles. The summed E-state index contributed by atoms with van der Waals surface area (Å²) in [6, 6.07) is 7.39. The van der Waals surface area contributed by atoms with Crippen molar-refractivity contribution in [2.45, 2.75) is 32.2 Å². The molecule has 7 nitrogen and oxygen atoms in total. The highest BCUT2D eigenvalue weighted by atomic mass is 19.1. The number of hydrogen-bond donors (Lipinski definition) is 3. The maximum absolute atomic E-state index is 13.3. The van der Waals surface area contributed by atoms with Crippen molar-refractivity contribution in [3.8, 4) is 11.1 Å². The highest BCUT2D eigenvalue weighted by molar-refractivity contribution is 6.24. The minimum absolute atomic E-state index is 0.0759. The van der Waals surface area contributed by atoms with Crippen LogP contribution in [0.3, 0.4) is 0 Å². The highest BCUT2D eigenvalue weighted by Crippen LogP contribution is 2.32. The average Bonchev–Trinajstić information content (AvgIpc) is 3.10. The predicted octanol–water partition coefficient (Wildman–Crippen LogP) is 2.91. The standard InChI is InChI=1S/C21H21FN2O5/c22-14-7-5-13(6-8-14)15-9-11-24-10-3-1-2-4-16(25)18(20(28)19(15)24)21(29)23-12-17(26)27/h5-9,11,28H,1-4,10,12H2,(H,23,29)(H,26,27). The van der Waals surface area contributed by atoms with Crippen molar-refractivity contribution in [2.24, 2.45) is 0 Å². The number of aliphatic hydroxyl groups excluding tert-OH is 1. The number of aliphatic carboxylic acids is 1. The number of carboxylic acid groups (broad SMARTS) is 1. The number of benzene rings is 1. The van der Waals surface area contributed by atoms with Crippen molar-refractivity contribution in [1.29, 1.82) is 0 Å². The number of Topliss-reactive ketones (excluding diaryl/α,β-unsaturated/α-hetero) is 1. The number of halogens is 1. The molecule has 8 heteroatoms. The number of aromatic nitrogens is 1. The molecule has 0 radical (unpaired) electrons. The molecule has 0 saturated carbocycles. The molecule has 29 heavy (non-hydrogen) atoms. The largest absolute Gasteiger partial charge is 0.505 e. The van der Waals surface area contributed by atoms with E-state index in [1.807, 2.05) is 0 Å². The molecule has 1 aliphatic rings. The van der Waals surface area contributed by atoms with Gasteiger partial charge in [0.1, 0.15) is 17.9 Å². The molecule has 1 aliphatic heterocycles. The van der Waals surface area contributed by atoms with E-state index in [9.17, 15) is 23.9 Å². The first kappa shape index (κ1) is 20.3. The van der Waals surface area contributed by atoms with Gasteiger partial charge in [0, 0.05) is 24.7 Å². The van der Waals surface area contributed by atoms with Crippen LogP contribution >= 0.6 is 0 Å². The SMILES string of the molecule is O=C(O)CNC(=O)C1=C(O)c2c(-c3ccc(F)cc3)ccn2CCCCCC1=O. The van der Waals surface area contributed by atoms with Gasteiger partial charge < -0.3 is 20.1 Å². The molecule has 0 unspecified atom stereocenters. The number of nitrogens with zero attached hydrogens (tertiary/aromatic N) is 1. The number of aryl methyl sites for hydroxylation is 1. The molecule has 1 aromatic carbocycles. The maximum atomic E-state index is 13.3. The van der Waals surface area contributed by atoms with Crippen LogP contribution < -0.4 is 5.32 Å². The third-order valence-corrected chi connectivity index (χ3v) is 4.79. The summed E-state index contributed by atoms with van der Waals surface area (Å²) in [5.41, 5.74) is 0.963. The third-order valence-electron chi connectivity index (χ3n) is 4.79. The first-order valence-electron chi connectivity index (χ1n) is 9.30. The van der Waals surface area contributed by atoms with E-state index in [0.29, 0.717) is 24.1 Å². The van der Waals surface area contributed by atoms with Gasteiger partial charge >= 0.3 is 5.97 Å². The summed E-state index contributed by atoms with van der Waals surface area (Å²) in [6.45, 7) is -0.104. The quantitative estimate of drug-likeness (QED) is 0.684. The predicted molar refractivity (Wildman–Crippen MR) is 103 cm³/mol. The monoisotopic (exact) mass is 400 g/mol. The average molecular weight is 400 g/mol. The van der Waals surface area contributed by atoms with Crippen molar-refractivity contribution in [3.05, 3.63) is 53.6 Å². The van der Waals surface area contributed by atoms with E-state index >= 15 is 0 Å². The van der Waals surface area contributed by atoms with Crippen LogP contribution in [0.15, 0.2) is 42.1 Å². The Kier molecular flexibility index (Phi) is 6.11. The number of aliphatic hydroxyl groups is 1. The van der Waals surface area contributed by atoms with Crippen molar-refractivity contribution in [2.75, 3.05) is 6.54 Å². The van der Waals surface area contributed by atoms with Gasteiger partial charge in [0.2, 0.25) is 0 Å². The summed E-state index contributed by atoms with van der Waals surface area (Å²) in [5.74, 6) is -3.67. The maximum Gasteiger partial charge on any atom is 0.322 e. The molecule has 3 N–H and O–H groups in total. The van der Waals surface area contributed by atoms with E-state index in [1.54, 1.807) is 29.0 Å². The summed E-state index contributed by atoms with van der Waals surface area (Å²) in [6.07, 6.45) is 3.92. The molecule has 0 fully saturated rings. The Hall–Kier alpha value is -3.42. The second kappa shape index (κ2) is 8.72. The Morgan fingerprint density at radius 3 is 2.52 bits per heavy atom. The minimum Gasteiger partial charge on any atom is -0.505 e. The molecule has 0 saturated heterocycles. The molecule has 3 rings (SSSR count). The van der Waals surface area contributed by atoms with Crippen LogP contribution in [0.4, 0.5) is 4.39 Å². The van der Waals surface area contributed by atoms with Crippen molar-refractivity contribution >= 4 is 23.4 Å². The van der Waals surface area contributed by atoms with Gasteiger partial charge in [-0.25, -0.2) is 4.39 Å². The lowest BCUT2D eigenvalue weighted by Gasteiger charge is -2.16. The van der Waals surface area contributed by atoms with Gasteiger partial charge in [0.15, 0.2) is 11.5 Å². The van der Waals surface area contributed by atoms with Gasteiger partial charge in [-0.15, -0.1) is 0 Å². The van der Waals surface area contributed by atoms with Crippen LogP contribution in [0, 0.1) is 5.82 Å². The van der Waals surface area contributed by atoms with Gasteiger partial charge in [-0.2, -0.15) is 0 Å². The van der Waals surface area contributed by atoms with Crippen LogP contribution in [-0.2, 0) is 20.9 Å². The number of carboxylic acids is 1. The van der Waals surface area contributed by atoms with Gasteiger partial charge in [0.05, 0.1) is 5.69 Å². The topological polar surface area (TPSA) is 109 Å². The Morgan fingerprint density at radius 2 is 1.83 bits per heavy atom. The molecule has 152 valence electrons. The number of carbonyl (C=O) groups is 3. The normalized spacial score (nSPS) is 15.0. The lowest BCUT2D eigenvalue weighted by Crippen LogP contribution is -2.33. The van der Waals surface area contributed by atoms with Gasteiger partial charge in [-0.3, -0.25) is 14.4 Å². The second-order valence-corrected chi connectivity index (χ2v) is 6.81. The Balaban J connectivity index is 2.15. The summed E-state index contributed by atoms with van der Waals surface area (Å²) in [5, 5.41) is 21.9. The fourth-order valence-corrected chi connectivity index (χ4v) is 3.38. The Morgan fingerprint density at radius 1 is 1.10 bits per heavy atom. The Bertz CT molecular complexity index is 975.